The Bertz CT molecular complexity index is 1030. The highest BCUT2D eigenvalue weighted by Gasteiger charge is 2.23. The first-order valence-corrected chi connectivity index (χ1v) is 8.74. The van der Waals surface area contributed by atoms with Crippen molar-refractivity contribution in [2.45, 2.75) is 26.2 Å². The summed E-state index contributed by atoms with van der Waals surface area (Å²) in [5, 5.41) is 21.2. The standard InChI is InChI=1S/C19H17ClN2O5/c1-2-3-12-10-13-15(21-12)5-7-17(19(13)22(25)26)27-16-6-4-11(8-14(16)20)9-18(23)24/h4-8,10,21H,2-3,9H2,1H3,(H,23,24). The predicted molar refractivity (Wildman–Crippen MR) is 102 cm³/mol. The highest BCUT2D eigenvalue weighted by atomic mass is 35.5. The smallest absolute Gasteiger partial charge is 0.320 e. The summed E-state index contributed by atoms with van der Waals surface area (Å²) in [6.07, 6.45) is 1.54. The Morgan fingerprint density at radius 2 is 2.00 bits per heavy atom. The Kier molecular flexibility index (Phi) is 5.32. The minimum Gasteiger partial charge on any atom is -0.481 e. The van der Waals surface area contributed by atoms with E-state index in [0.29, 0.717) is 16.5 Å². The molecule has 0 spiro atoms. The maximum Gasteiger partial charge on any atom is 0.320 e. The van der Waals surface area contributed by atoms with Crippen molar-refractivity contribution in [1.29, 1.82) is 0 Å². The van der Waals surface area contributed by atoms with Gasteiger partial charge in [-0.25, -0.2) is 0 Å². The maximum atomic E-state index is 11.7. The van der Waals surface area contributed by atoms with Gasteiger partial charge >= 0.3 is 11.7 Å². The molecule has 0 saturated heterocycles. The molecule has 140 valence electrons. The molecule has 0 atom stereocenters. The predicted octanol–water partition coefficient (Wildman–Crippen LogP) is 5.10. The molecule has 3 rings (SSSR count). The van der Waals surface area contributed by atoms with Crippen LogP contribution in [0.5, 0.6) is 11.5 Å². The average Bonchev–Trinajstić information content (AvgIpc) is 2.99. The molecule has 0 aliphatic heterocycles. The number of fused-ring (bicyclic) bond motifs is 1. The van der Waals surface area contributed by atoms with Gasteiger partial charge in [-0.1, -0.05) is 31.0 Å². The molecule has 0 unspecified atom stereocenters. The number of hydrogen-bond acceptors (Lipinski definition) is 4. The van der Waals surface area contributed by atoms with E-state index < -0.39 is 10.9 Å². The number of H-pyrrole nitrogens is 1. The number of nitro benzene ring substituents is 1. The molecular formula is C19H17ClN2O5. The quantitative estimate of drug-likeness (QED) is 0.432. The average molecular weight is 389 g/mol. The summed E-state index contributed by atoms with van der Waals surface area (Å²) in [7, 11) is 0. The van der Waals surface area contributed by atoms with Crippen LogP contribution in [-0.4, -0.2) is 21.0 Å². The molecule has 1 aromatic heterocycles. The monoisotopic (exact) mass is 388 g/mol. The molecule has 27 heavy (non-hydrogen) atoms. The molecule has 7 nitrogen and oxygen atoms in total. The number of aliphatic carboxylic acids is 1. The maximum absolute atomic E-state index is 11.7. The minimum atomic E-state index is -0.976. The van der Waals surface area contributed by atoms with Crippen LogP contribution in [0.15, 0.2) is 36.4 Å². The molecule has 3 aromatic rings. The third-order valence-electron chi connectivity index (χ3n) is 4.07. The van der Waals surface area contributed by atoms with Gasteiger partial charge in [-0.2, -0.15) is 0 Å². The van der Waals surface area contributed by atoms with Gasteiger partial charge in [-0.05, 0) is 42.3 Å². The summed E-state index contributed by atoms with van der Waals surface area (Å²) in [5.41, 5.74) is 1.96. The summed E-state index contributed by atoms with van der Waals surface area (Å²) in [6, 6.07) is 9.56. The molecule has 0 bridgehead atoms. The van der Waals surface area contributed by atoms with Gasteiger partial charge < -0.3 is 14.8 Å². The highest BCUT2D eigenvalue weighted by Crippen LogP contribution is 2.40. The van der Waals surface area contributed by atoms with Crippen LogP contribution in [0.3, 0.4) is 0 Å². The van der Waals surface area contributed by atoms with Crippen LogP contribution >= 0.6 is 11.6 Å². The summed E-state index contributed by atoms with van der Waals surface area (Å²) >= 11 is 6.16. The fourth-order valence-corrected chi connectivity index (χ4v) is 3.17. The van der Waals surface area contributed by atoms with Crippen LogP contribution in [-0.2, 0) is 17.6 Å². The molecule has 0 aliphatic rings. The Balaban J connectivity index is 2.00. The number of ether oxygens (including phenoxy) is 1. The molecule has 0 saturated carbocycles. The van der Waals surface area contributed by atoms with Crippen LogP contribution in [0.25, 0.3) is 10.9 Å². The second-order valence-electron chi connectivity index (χ2n) is 6.11. The Labute approximate surface area is 159 Å². The van der Waals surface area contributed by atoms with Gasteiger partial charge in [-0.15, -0.1) is 0 Å². The third kappa shape index (κ3) is 4.03. The lowest BCUT2D eigenvalue weighted by molar-refractivity contribution is -0.383. The fourth-order valence-electron chi connectivity index (χ4n) is 2.93. The zero-order valence-electron chi connectivity index (χ0n) is 14.5. The number of carboxylic acids is 1. The molecule has 1 heterocycles. The number of carbonyl (C=O) groups is 1. The van der Waals surface area contributed by atoms with Crippen LogP contribution in [0.4, 0.5) is 5.69 Å². The van der Waals surface area contributed by atoms with Crippen molar-refractivity contribution in [3.63, 3.8) is 0 Å². The van der Waals surface area contributed by atoms with Crippen LogP contribution in [0.1, 0.15) is 24.6 Å². The SMILES string of the molecule is CCCc1cc2c([N+](=O)[O-])c(Oc3ccc(CC(=O)O)cc3Cl)ccc2[nH]1. The van der Waals surface area contributed by atoms with Gasteiger partial charge in [0.15, 0.2) is 0 Å². The van der Waals surface area contributed by atoms with E-state index in [9.17, 15) is 14.9 Å². The van der Waals surface area contributed by atoms with E-state index in [1.54, 1.807) is 18.2 Å². The first-order valence-electron chi connectivity index (χ1n) is 8.36. The zero-order chi connectivity index (χ0) is 19.6. The second-order valence-corrected chi connectivity index (χ2v) is 6.52. The van der Waals surface area contributed by atoms with Crippen LogP contribution in [0, 0.1) is 10.1 Å². The topological polar surface area (TPSA) is 105 Å². The fraction of sp³-hybridized carbons (Fsp3) is 0.211. The summed E-state index contributed by atoms with van der Waals surface area (Å²) in [6.45, 7) is 2.03. The highest BCUT2D eigenvalue weighted by molar-refractivity contribution is 6.32. The molecule has 0 amide bonds. The van der Waals surface area contributed by atoms with Crippen molar-refractivity contribution >= 4 is 34.2 Å². The lowest BCUT2D eigenvalue weighted by Crippen LogP contribution is -2.00. The number of aromatic amines is 1. The van der Waals surface area contributed by atoms with E-state index in [4.69, 9.17) is 21.4 Å². The van der Waals surface area contributed by atoms with Crippen molar-refractivity contribution in [3.05, 3.63) is 62.8 Å². The molecule has 0 fully saturated rings. The first-order chi connectivity index (χ1) is 12.9. The van der Waals surface area contributed by atoms with Crippen molar-refractivity contribution < 1.29 is 19.6 Å². The van der Waals surface area contributed by atoms with E-state index >= 15 is 0 Å². The number of halogens is 1. The largest absolute Gasteiger partial charge is 0.481 e. The lowest BCUT2D eigenvalue weighted by atomic mass is 10.1. The lowest BCUT2D eigenvalue weighted by Gasteiger charge is -2.09. The molecule has 8 heteroatoms. The number of aromatic nitrogens is 1. The normalized spacial score (nSPS) is 10.9. The van der Waals surface area contributed by atoms with Gasteiger partial charge in [0.25, 0.3) is 0 Å². The second kappa shape index (κ2) is 7.67. The Morgan fingerprint density at radius 1 is 1.26 bits per heavy atom. The van der Waals surface area contributed by atoms with Crippen LogP contribution < -0.4 is 4.74 Å². The van der Waals surface area contributed by atoms with Crippen molar-refractivity contribution in [1.82, 2.24) is 4.98 Å². The molecule has 0 aliphatic carbocycles. The molecular weight excluding hydrogens is 372 g/mol. The number of nitrogens with one attached hydrogen (secondary N) is 1. The van der Waals surface area contributed by atoms with Gasteiger partial charge in [0.05, 0.1) is 27.3 Å². The third-order valence-corrected chi connectivity index (χ3v) is 4.36. The van der Waals surface area contributed by atoms with Crippen molar-refractivity contribution in [2.24, 2.45) is 0 Å². The molecule has 2 aromatic carbocycles. The number of aryl methyl sites for hydroxylation is 1. The minimum absolute atomic E-state index is 0.0717. The number of benzene rings is 2. The van der Waals surface area contributed by atoms with Crippen molar-refractivity contribution in [3.8, 4) is 11.5 Å². The van der Waals surface area contributed by atoms with E-state index in [1.165, 1.54) is 18.2 Å². The Morgan fingerprint density at radius 3 is 2.63 bits per heavy atom. The molecule has 2 N–H and O–H groups in total. The number of hydrogen-bond donors (Lipinski definition) is 2. The number of nitro groups is 1. The van der Waals surface area contributed by atoms with Gasteiger partial charge in [0.2, 0.25) is 5.75 Å². The number of nitrogens with zero attached hydrogens (tertiary/aromatic N) is 1. The summed E-state index contributed by atoms with van der Waals surface area (Å²) < 4.78 is 5.70. The molecule has 0 radical (unpaired) electrons. The van der Waals surface area contributed by atoms with E-state index in [2.05, 4.69) is 4.98 Å². The summed E-state index contributed by atoms with van der Waals surface area (Å²) in [5.74, 6) is -0.684. The van der Waals surface area contributed by atoms with E-state index in [-0.39, 0.29) is 28.6 Å². The van der Waals surface area contributed by atoms with E-state index in [0.717, 1.165) is 18.5 Å². The van der Waals surface area contributed by atoms with Gasteiger partial charge in [0, 0.05) is 5.69 Å². The van der Waals surface area contributed by atoms with Gasteiger partial charge in [0.1, 0.15) is 5.75 Å². The summed E-state index contributed by atoms with van der Waals surface area (Å²) in [4.78, 5) is 25.2. The number of rotatable bonds is 7. The van der Waals surface area contributed by atoms with Gasteiger partial charge in [-0.3, -0.25) is 14.9 Å². The van der Waals surface area contributed by atoms with E-state index in [1.807, 2.05) is 6.92 Å². The Hall–Kier alpha value is -3.06. The number of carboxylic acid groups (broad SMARTS) is 1. The van der Waals surface area contributed by atoms with Crippen molar-refractivity contribution in [2.75, 3.05) is 0 Å². The van der Waals surface area contributed by atoms with Crippen LogP contribution in [0.2, 0.25) is 5.02 Å². The zero-order valence-corrected chi connectivity index (χ0v) is 15.2. The first kappa shape index (κ1) is 18.7.